The molecule has 1 aromatic rings. The smallest absolute Gasteiger partial charge is 0.417 e. The van der Waals surface area contributed by atoms with Crippen LogP contribution in [0.4, 0.5) is 13.2 Å². The lowest BCUT2D eigenvalue weighted by Gasteiger charge is -2.12. The Morgan fingerprint density at radius 3 is 2.59 bits per heavy atom. The van der Waals surface area contributed by atoms with E-state index in [0.29, 0.717) is 6.42 Å². The quantitative estimate of drug-likeness (QED) is 0.642. The van der Waals surface area contributed by atoms with Gasteiger partial charge in [0.2, 0.25) is 0 Å². The number of carbonyl (C=O) groups excluding carboxylic acids is 1. The number of alkyl halides is 3. The third kappa shape index (κ3) is 3.74. The molecule has 0 bridgehead atoms. The molecular weight excluding hydrogens is 237 g/mol. The summed E-state index contributed by atoms with van der Waals surface area (Å²) in [7, 11) is 0. The van der Waals surface area contributed by atoms with Crippen LogP contribution in [0.1, 0.15) is 22.3 Å². The van der Waals surface area contributed by atoms with Crippen LogP contribution in [0.15, 0.2) is 18.2 Å². The molecule has 0 aliphatic rings. The largest absolute Gasteiger partial charge is 0.493 e. The molecule has 17 heavy (non-hydrogen) atoms. The van der Waals surface area contributed by atoms with Gasteiger partial charge in [-0.3, -0.25) is 4.79 Å². The van der Waals surface area contributed by atoms with E-state index in [9.17, 15) is 18.0 Å². The van der Waals surface area contributed by atoms with Gasteiger partial charge in [-0.25, -0.2) is 0 Å². The Morgan fingerprint density at radius 1 is 1.35 bits per heavy atom. The first-order chi connectivity index (χ1) is 7.99. The normalized spacial score (nSPS) is 11.3. The number of carbonyl (C=O) groups is 1. The molecule has 0 aliphatic heterocycles. The summed E-state index contributed by atoms with van der Waals surface area (Å²) in [5.41, 5.74) is -1.44. The summed E-state index contributed by atoms with van der Waals surface area (Å²) in [5, 5.41) is 8.50. The Kier molecular flexibility index (Phi) is 4.51. The van der Waals surface area contributed by atoms with E-state index in [2.05, 4.69) is 0 Å². The molecule has 3 nitrogen and oxygen atoms in total. The molecule has 0 unspecified atom stereocenters. The number of rotatable bonds is 5. The van der Waals surface area contributed by atoms with Crippen LogP contribution in [0.5, 0.6) is 5.75 Å². The van der Waals surface area contributed by atoms with Gasteiger partial charge in [-0.1, -0.05) is 0 Å². The van der Waals surface area contributed by atoms with Gasteiger partial charge < -0.3 is 9.84 Å². The van der Waals surface area contributed by atoms with Crippen molar-refractivity contribution < 1.29 is 27.8 Å². The maximum Gasteiger partial charge on any atom is 0.417 e. The van der Waals surface area contributed by atoms with Crippen molar-refractivity contribution in [2.75, 3.05) is 13.2 Å². The number of aliphatic hydroxyl groups is 1. The predicted molar refractivity (Wildman–Crippen MR) is 54.0 cm³/mol. The van der Waals surface area contributed by atoms with E-state index >= 15 is 0 Å². The average molecular weight is 248 g/mol. The third-order valence-corrected chi connectivity index (χ3v) is 2.03. The van der Waals surface area contributed by atoms with Gasteiger partial charge in [0.15, 0.2) is 6.29 Å². The second kappa shape index (κ2) is 5.67. The first-order valence-electron chi connectivity index (χ1n) is 4.89. The van der Waals surface area contributed by atoms with E-state index in [1.54, 1.807) is 0 Å². The first-order valence-corrected chi connectivity index (χ1v) is 4.89. The van der Waals surface area contributed by atoms with Crippen LogP contribution in [0.3, 0.4) is 0 Å². The minimum Gasteiger partial charge on any atom is -0.493 e. The van der Waals surface area contributed by atoms with Gasteiger partial charge in [0.1, 0.15) is 5.75 Å². The Morgan fingerprint density at radius 2 is 2.06 bits per heavy atom. The van der Waals surface area contributed by atoms with Crippen LogP contribution < -0.4 is 4.74 Å². The fraction of sp³-hybridized carbons (Fsp3) is 0.364. The summed E-state index contributed by atoms with van der Waals surface area (Å²) < 4.78 is 42.7. The van der Waals surface area contributed by atoms with E-state index in [1.807, 2.05) is 0 Å². The van der Waals surface area contributed by atoms with Crippen LogP contribution in [-0.4, -0.2) is 24.6 Å². The van der Waals surface area contributed by atoms with Crippen molar-refractivity contribution in [1.29, 1.82) is 0 Å². The molecule has 0 amide bonds. The van der Waals surface area contributed by atoms with Crippen molar-refractivity contribution in [3.63, 3.8) is 0 Å². The highest BCUT2D eigenvalue weighted by atomic mass is 19.4. The fourth-order valence-corrected chi connectivity index (χ4v) is 1.23. The SMILES string of the molecule is O=Cc1ccc(OCCCO)cc1C(F)(F)F. The van der Waals surface area contributed by atoms with Crippen molar-refractivity contribution in [2.24, 2.45) is 0 Å². The van der Waals surface area contributed by atoms with Gasteiger partial charge in [0.25, 0.3) is 0 Å². The highest BCUT2D eigenvalue weighted by Gasteiger charge is 2.33. The number of hydrogen-bond acceptors (Lipinski definition) is 3. The van der Waals surface area contributed by atoms with Crippen LogP contribution in [-0.2, 0) is 6.18 Å². The number of benzene rings is 1. The zero-order chi connectivity index (χ0) is 12.9. The van der Waals surface area contributed by atoms with E-state index in [0.717, 1.165) is 12.1 Å². The summed E-state index contributed by atoms with van der Waals surface area (Å²) >= 11 is 0. The van der Waals surface area contributed by atoms with Gasteiger partial charge in [0.05, 0.1) is 12.2 Å². The van der Waals surface area contributed by atoms with E-state index < -0.39 is 17.3 Å². The summed E-state index contributed by atoms with van der Waals surface area (Å²) in [6, 6.07) is 3.13. The molecule has 0 atom stereocenters. The van der Waals surface area contributed by atoms with Crippen molar-refractivity contribution in [1.82, 2.24) is 0 Å². The second-order valence-electron chi connectivity index (χ2n) is 3.29. The Bertz CT molecular complexity index is 388. The van der Waals surface area contributed by atoms with Gasteiger partial charge in [0, 0.05) is 18.6 Å². The van der Waals surface area contributed by atoms with Gasteiger partial charge >= 0.3 is 6.18 Å². The molecular formula is C11H11F3O3. The lowest BCUT2D eigenvalue weighted by Crippen LogP contribution is -2.09. The summed E-state index contributed by atoms with van der Waals surface area (Å²) in [5.74, 6) is 0.0244. The van der Waals surface area contributed by atoms with E-state index in [4.69, 9.17) is 9.84 Å². The molecule has 6 heteroatoms. The standard InChI is InChI=1S/C11H11F3O3/c12-11(13,14)10-6-9(17-5-1-4-15)3-2-8(10)7-16/h2-3,6-7,15H,1,4-5H2. The molecule has 0 aromatic heterocycles. The number of aliphatic hydroxyl groups excluding tert-OH is 1. The number of ether oxygens (including phenoxy) is 1. The lowest BCUT2D eigenvalue weighted by atomic mass is 10.1. The fourth-order valence-electron chi connectivity index (χ4n) is 1.23. The van der Waals surface area contributed by atoms with E-state index in [1.165, 1.54) is 6.07 Å². The van der Waals surface area contributed by atoms with Gasteiger partial charge in [-0.15, -0.1) is 0 Å². The van der Waals surface area contributed by atoms with Crippen molar-refractivity contribution in [2.45, 2.75) is 12.6 Å². The molecule has 1 aromatic carbocycles. The third-order valence-electron chi connectivity index (χ3n) is 2.03. The van der Waals surface area contributed by atoms with Gasteiger partial charge in [-0.05, 0) is 18.2 Å². The number of hydrogen-bond donors (Lipinski definition) is 1. The molecule has 94 valence electrons. The maximum atomic E-state index is 12.5. The molecule has 0 fully saturated rings. The minimum absolute atomic E-state index is 0.0244. The first kappa shape index (κ1) is 13.5. The summed E-state index contributed by atoms with van der Waals surface area (Å²) in [4.78, 5) is 10.5. The Balaban J connectivity index is 2.93. The molecule has 0 aliphatic carbocycles. The monoisotopic (exact) mass is 248 g/mol. The molecule has 1 N–H and O–H groups in total. The molecule has 0 radical (unpaired) electrons. The van der Waals surface area contributed by atoms with Crippen LogP contribution >= 0.6 is 0 Å². The van der Waals surface area contributed by atoms with Crippen LogP contribution in [0.2, 0.25) is 0 Å². The molecule has 0 saturated heterocycles. The van der Waals surface area contributed by atoms with Crippen LogP contribution in [0, 0.1) is 0 Å². The van der Waals surface area contributed by atoms with Crippen molar-refractivity contribution in [3.8, 4) is 5.75 Å². The minimum atomic E-state index is -4.59. The van der Waals surface area contributed by atoms with Crippen LogP contribution in [0.25, 0.3) is 0 Å². The topological polar surface area (TPSA) is 46.5 Å². The maximum absolute atomic E-state index is 12.5. The van der Waals surface area contributed by atoms with Crippen molar-refractivity contribution >= 4 is 6.29 Å². The molecule has 0 saturated carbocycles. The van der Waals surface area contributed by atoms with E-state index in [-0.39, 0.29) is 25.2 Å². The average Bonchev–Trinajstić information content (AvgIpc) is 2.28. The second-order valence-corrected chi connectivity index (χ2v) is 3.29. The molecule has 0 heterocycles. The Hall–Kier alpha value is -1.56. The predicted octanol–water partition coefficient (Wildman–Crippen LogP) is 2.28. The van der Waals surface area contributed by atoms with Crippen molar-refractivity contribution in [3.05, 3.63) is 29.3 Å². The molecule has 0 spiro atoms. The highest BCUT2D eigenvalue weighted by Crippen LogP contribution is 2.33. The number of aldehydes is 1. The lowest BCUT2D eigenvalue weighted by molar-refractivity contribution is -0.137. The zero-order valence-corrected chi connectivity index (χ0v) is 8.83. The summed E-state index contributed by atoms with van der Waals surface area (Å²) in [6.45, 7) is 0.0206. The molecule has 1 rings (SSSR count). The summed E-state index contributed by atoms with van der Waals surface area (Å²) in [6.07, 6.45) is -4.11. The Labute approximate surface area is 95.8 Å². The highest BCUT2D eigenvalue weighted by molar-refractivity contribution is 5.78. The number of halogens is 3. The zero-order valence-electron chi connectivity index (χ0n) is 8.83. The van der Waals surface area contributed by atoms with Gasteiger partial charge in [-0.2, -0.15) is 13.2 Å².